The molecule has 3 nitrogen and oxygen atoms in total. The highest BCUT2D eigenvalue weighted by Crippen LogP contribution is 2.20. The molecule has 0 heterocycles. The first-order valence-electron chi connectivity index (χ1n) is 8.78. The molecule has 23 heavy (non-hydrogen) atoms. The van der Waals surface area contributed by atoms with Crippen LogP contribution in [0.2, 0.25) is 0 Å². The molecule has 1 amide bonds. The Kier molecular flexibility index (Phi) is 5.29. The number of amides is 1. The molecule has 0 bridgehead atoms. The van der Waals surface area contributed by atoms with Crippen LogP contribution in [0, 0.1) is 0 Å². The minimum absolute atomic E-state index is 0.0459. The fourth-order valence-corrected chi connectivity index (χ4v) is 3.39. The molecule has 3 heteroatoms. The van der Waals surface area contributed by atoms with Crippen molar-refractivity contribution < 1.29 is 4.79 Å². The summed E-state index contributed by atoms with van der Waals surface area (Å²) in [4.78, 5) is 12.4. The predicted molar refractivity (Wildman–Crippen MR) is 96.7 cm³/mol. The summed E-state index contributed by atoms with van der Waals surface area (Å²) in [6, 6.07) is 14.6. The highest BCUT2D eigenvalue weighted by atomic mass is 16.2. The van der Waals surface area contributed by atoms with Crippen LogP contribution in [0.25, 0.3) is 10.8 Å². The Morgan fingerprint density at radius 1 is 1.00 bits per heavy atom. The van der Waals surface area contributed by atoms with Gasteiger partial charge in [0.05, 0.1) is 6.04 Å². The number of rotatable bonds is 4. The molecule has 3 rings (SSSR count). The largest absolute Gasteiger partial charge is 0.325 e. The molecule has 1 aliphatic rings. The maximum atomic E-state index is 12.4. The van der Waals surface area contributed by atoms with E-state index in [0.29, 0.717) is 6.04 Å². The van der Waals surface area contributed by atoms with E-state index in [1.807, 2.05) is 37.3 Å². The predicted octanol–water partition coefficient (Wildman–Crippen LogP) is 4.48. The Morgan fingerprint density at radius 3 is 2.43 bits per heavy atom. The van der Waals surface area contributed by atoms with Crippen molar-refractivity contribution >= 4 is 22.4 Å². The average Bonchev–Trinajstić information content (AvgIpc) is 2.83. The summed E-state index contributed by atoms with van der Waals surface area (Å²) in [6.07, 6.45) is 7.58. The van der Waals surface area contributed by atoms with Crippen molar-refractivity contribution in [3.63, 3.8) is 0 Å². The van der Waals surface area contributed by atoms with Crippen molar-refractivity contribution in [2.24, 2.45) is 0 Å². The van der Waals surface area contributed by atoms with E-state index >= 15 is 0 Å². The van der Waals surface area contributed by atoms with Gasteiger partial charge < -0.3 is 10.6 Å². The lowest BCUT2D eigenvalue weighted by atomic mass is 10.1. The van der Waals surface area contributed by atoms with Crippen LogP contribution < -0.4 is 10.6 Å². The molecule has 1 fully saturated rings. The van der Waals surface area contributed by atoms with E-state index in [1.165, 1.54) is 43.9 Å². The van der Waals surface area contributed by atoms with Gasteiger partial charge in [-0.1, -0.05) is 56.0 Å². The van der Waals surface area contributed by atoms with E-state index in [1.54, 1.807) is 0 Å². The minimum atomic E-state index is -0.162. The third-order valence-electron chi connectivity index (χ3n) is 4.75. The zero-order valence-electron chi connectivity index (χ0n) is 13.8. The topological polar surface area (TPSA) is 41.1 Å². The van der Waals surface area contributed by atoms with E-state index in [-0.39, 0.29) is 11.9 Å². The van der Waals surface area contributed by atoms with E-state index in [9.17, 15) is 4.79 Å². The lowest BCUT2D eigenvalue weighted by Crippen LogP contribution is -2.43. The summed E-state index contributed by atoms with van der Waals surface area (Å²) in [5.41, 5.74) is 0.864. The van der Waals surface area contributed by atoms with Gasteiger partial charge in [-0.05, 0) is 42.7 Å². The number of anilines is 1. The molecule has 0 spiro atoms. The number of hydrogen-bond acceptors (Lipinski definition) is 2. The van der Waals surface area contributed by atoms with E-state index in [4.69, 9.17) is 0 Å². The first-order chi connectivity index (χ1) is 11.2. The van der Waals surface area contributed by atoms with Crippen LogP contribution >= 0.6 is 0 Å². The minimum Gasteiger partial charge on any atom is -0.325 e. The lowest BCUT2D eigenvalue weighted by Gasteiger charge is -2.21. The molecule has 2 N–H and O–H groups in total. The summed E-state index contributed by atoms with van der Waals surface area (Å²) in [6.45, 7) is 1.96. The molecule has 1 saturated carbocycles. The second kappa shape index (κ2) is 7.60. The van der Waals surface area contributed by atoms with Crippen molar-refractivity contribution in [2.75, 3.05) is 5.32 Å². The van der Waals surface area contributed by atoms with Crippen molar-refractivity contribution in [2.45, 2.75) is 57.5 Å². The SMILES string of the molecule is C[C@H](NC1CCCCCC1)C(=O)Nc1ccc2ccccc2c1. The van der Waals surface area contributed by atoms with Gasteiger partial charge in [0.15, 0.2) is 0 Å². The van der Waals surface area contributed by atoms with Gasteiger partial charge in [0.2, 0.25) is 5.91 Å². The van der Waals surface area contributed by atoms with Gasteiger partial charge >= 0.3 is 0 Å². The van der Waals surface area contributed by atoms with Gasteiger partial charge in [0.1, 0.15) is 0 Å². The summed E-state index contributed by atoms with van der Waals surface area (Å²) >= 11 is 0. The van der Waals surface area contributed by atoms with Crippen LogP contribution in [0.5, 0.6) is 0 Å². The number of carbonyl (C=O) groups is 1. The smallest absolute Gasteiger partial charge is 0.241 e. The molecule has 0 saturated heterocycles. The highest BCUT2D eigenvalue weighted by Gasteiger charge is 2.19. The summed E-state index contributed by atoms with van der Waals surface area (Å²) in [5, 5.41) is 8.88. The Morgan fingerprint density at radius 2 is 1.70 bits per heavy atom. The fraction of sp³-hybridized carbons (Fsp3) is 0.450. The highest BCUT2D eigenvalue weighted by molar-refractivity contribution is 5.97. The van der Waals surface area contributed by atoms with Crippen LogP contribution in [-0.4, -0.2) is 18.0 Å². The van der Waals surface area contributed by atoms with Gasteiger partial charge in [0.25, 0.3) is 0 Å². The van der Waals surface area contributed by atoms with Crippen molar-refractivity contribution in [1.29, 1.82) is 0 Å². The first kappa shape index (κ1) is 16.0. The number of fused-ring (bicyclic) bond motifs is 1. The standard InChI is InChI=1S/C20H26N2O/c1-15(21-18-10-4-2-3-5-11-18)20(23)22-19-13-12-16-8-6-7-9-17(16)14-19/h6-9,12-15,18,21H,2-5,10-11H2,1H3,(H,22,23)/t15-/m0/s1. The summed E-state index contributed by atoms with van der Waals surface area (Å²) in [5.74, 6) is 0.0459. The van der Waals surface area contributed by atoms with Crippen LogP contribution in [0.3, 0.4) is 0 Å². The Labute approximate surface area is 138 Å². The number of benzene rings is 2. The maximum Gasteiger partial charge on any atom is 0.241 e. The molecule has 1 aliphatic carbocycles. The molecule has 2 aromatic rings. The number of nitrogens with one attached hydrogen (secondary N) is 2. The molecule has 0 radical (unpaired) electrons. The first-order valence-corrected chi connectivity index (χ1v) is 8.78. The van der Waals surface area contributed by atoms with Crippen LogP contribution in [0.1, 0.15) is 45.4 Å². The molecule has 0 aromatic heterocycles. The Hall–Kier alpha value is -1.87. The normalized spacial score (nSPS) is 17.6. The van der Waals surface area contributed by atoms with Crippen LogP contribution in [0.15, 0.2) is 42.5 Å². The van der Waals surface area contributed by atoms with E-state index in [0.717, 1.165) is 11.1 Å². The lowest BCUT2D eigenvalue weighted by molar-refractivity contribution is -0.118. The zero-order chi connectivity index (χ0) is 16.1. The van der Waals surface area contributed by atoms with Gasteiger partial charge in [-0.25, -0.2) is 0 Å². The molecular weight excluding hydrogens is 284 g/mol. The molecule has 0 aliphatic heterocycles. The maximum absolute atomic E-state index is 12.4. The molecular formula is C20H26N2O. The number of hydrogen-bond donors (Lipinski definition) is 2. The average molecular weight is 310 g/mol. The third kappa shape index (κ3) is 4.32. The molecule has 122 valence electrons. The second-order valence-electron chi connectivity index (χ2n) is 6.63. The van der Waals surface area contributed by atoms with E-state index < -0.39 is 0 Å². The summed E-state index contributed by atoms with van der Waals surface area (Å²) < 4.78 is 0. The number of carbonyl (C=O) groups excluding carboxylic acids is 1. The molecule has 2 aromatic carbocycles. The van der Waals surface area contributed by atoms with Crippen molar-refractivity contribution in [3.8, 4) is 0 Å². The fourth-order valence-electron chi connectivity index (χ4n) is 3.39. The summed E-state index contributed by atoms with van der Waals surface area (Å²) in [7, 11) is 0. The third-order valence-corrected chi connectivity index (χ3v) is 4.75. The monoisotopic (exact) mass is 310 g/mol. The van der Waals surface area contributed by atoms with Crippen LogP contribution in [-0.2, 0) is 4.79 Å². The molecule has 1 atom stereocenters. The van der Waals surface area contributed by atoms with Gasteiger partial charge in [0, 0.05) is 11.7 Å². The zero-order valence-corrected chi connectivity index (χ0v) is 13.8. The molecule has 0 unspecified atom stereocenters. The van der Waals surface area contributed by atoms with E-state index in [2.05, 4.69) is 22.8 Å². The Bertz CT molecular complexity index is 659. The quantitative estimate of drug-likeness (QED) is 0.818. The second-order valence-corrected chi connectivity index (χ2v) is 6.63. The van der Waals surface area contributed by atoms with Crippen LogP contribution in [0.4, 0.5) is 5.69 Å². The van der Waals surface area contributed by atoms with Crippen molar-refractivity contribution in [3.05, 3.63) is 42.5 Å². The van der Waals surface area contributed by atoms with Gasteiger partial charge in [-0.2, -0.15) is 0 Å². The van der Waals surface area contributed by atoms with Crippen molar-refractivity contribution in [1.82, 2.24) is 5.32 Å². The van der Waals surface area contributed by atoms with Gasteiger partial charge in [-0.15, -0.1) is 0 Å². The van der Waals surface area contributed by atoms with Gasteiger partial charge in [-0.3, -0.25) is 4.79 Å². The Balaban J connectivity index is 1.60.